The zero-order chi connectivity index (χ0) is 20.4. The van der Waals surface area contributed by atoms with Crippen LogP contribution in [0.5, 0.6) is 5.75 Å². The molecule has 2 rings (SSSR count). The molecule has 0 saturated heterocycles. The van der Waals surface area contributed by atoms with Gasteiger partial charge < -0.3 is 4.74 Å². The van der Waals surface area contributed by atoms with Gasteiger partial charge in [0.05, 0.1) is 16.7 Å². The highest BCUT2D eigenvalue weighted by molar-refractivity contribution is 5.91. The van der Waals surface area contributed by atoms with E-state index in [1.165, 1.54) is 18.2 Å². The SMILES string of the molecule is CC(C)(C)c1cc(C(=O)Oc2ccc(C#N)c(C#N)c2)cc(C(C)(C)C)c1. The molecule has 138 valence electrons. The van der Waals surface area contributed by atoms with Crippen LogP contribution in [0.25, 0.3) is 0 Å². The van der Waals surface area contributed by atoms with Crippen LogP contribution in [0.15, 0.2) is 36.4 Å². The Morgan fingerprint density at radius 1 is 0.815 bits per heavy atom. The van der Waals surface area contributed by atoms with Crippen LogP contribution in [-0.4, -0.2) is 5.97 Å². The average molecular weight is 360 g/mol. The molecule has 0 amide bonds. The number of hydrogen-bond acceptors (Lipinski definition) is 4. The van der Waals surface area contributed by atoms with Crippen LogP contribution in [0.2, 0.25) is 0 Å². The van der Waals surface area contributed by atoms with Gasteiger partial charge in [0, 0.05) is 6.07 Å². The Labute approximate surface area is 161 Å². The summed E-state index contributed by atoms with van der Waals surface area (Å²) in [6.07, 6.45) is 0. The lowest BCUT2D eigenvalue weighted by Gasteiger charge is -2.25. The molecule has 0 fully saturated rings. The highest BCUT2D eigenvalue weighted by atomic mass is 16.5. The molecule has 2 aromatic carbocycles. The molecule has 0 N–H and O–H groups in total. The van der Waals surface area contributed by atoms with Crippen LogP contribution >= 0.6 is 0 Å². The van der Waals surface area contributed by atoms with Crippen molar-refractivity contribution in [2.45, 2.75) is 52.4 Å². The quantitative estimate of drug-likeness (QED) is 0.542. The van der Waals surface area contributed by atoms with Crippen LogP contribution in [0, 0.1) is 22.7 Å². The third-order valence-corrected chi connectivity index (χ3v) is 4.34. The lowest BCUT2D eigenvalue weighted by atomic mass is 9.79. The molecule has 4 heteroatoms. The summed E-state index contributed by atoms with van der Waals surface area (Å²) in [6.45, 7) is 12.6. The fraction of sp³-hybridized carbons (Fsp3) is 0.348. The van der Waals surface area contributed by atoms with Crippen LogP contribution in [0.1, 0.15) is 74.2 Å². The molecule has 0 atom stereocenters. The van der Waals surface area contributed by atoms with Crippen LogP contribution in [0.4, 0.5) is 0 Å². The number of carbonyl (C=O) groups is 1. The van der Waals surface area contributed by atoms with Crippen molar-refractivity contribution in [1.82, 2.24) is 0 Å². The highest BCUT2D eigenvalue weighted by Gasteiger charge is 2.23. The van der Waals surface area contributed by atoms with E-state index in [1.807, 2.05) is 24.3 Å². The van der Waals surface area contributed by atoms with E-state index in [-0.39, 0.29) is 27.7 Å². The molecule has 27 heavy (non-hydrogen) atoms. The summed E-state index contributed by atoms with van der Waals surface area (Å²) >= 11 is 0. The van der Waals surface area contributed by atoms with Crippen molar-refractivity contribution in [3.63, 3.8) is 0 Å². The summed E-state index contributed by atoms with van der Waals surface area (Å²) in [6, 6.07) is 14.1. The normalized spacial score (nSPS) is 11.4. The van der Waals surface area contributed by atoms with Crippen molar-refractivity contribution in [3.05, 3.63) is 64.2 Å². The molecule has 0 heterocycles. The summed E-state index contributed by atoms with van der Waals surface area (Å²) in [5.41, 5.74) is 2.79. The Balaban J connectivity index is 2.44. The van der Waals surface area contributed by atoms with Crippen molar-refractivity contribution in [1.29, 1.82) is 10.5 Å². The number of benzene rings is 2. The second-order valence-corrected chi connectivity index (χ2v) is 8.62. The largest absolute Gasteiger partial charge is 0.423 e. The molecule has 4 nitrogen and oxygen atoms in total. The number of nitriles is 2. The summed E-state index contributed by atoms with van der Waals surface area (Å²) < 4.78 is 5.48. The van der Waals surface area contributed by atoms with E-state index in [0.29, 0.717) is 5.56 Å². The van der Waals surface area contributed by atoms with Crippen LogP contribution in [-0.2, 0) is 10.8 Å². The maximum absolute atomic E-state index is 12.8. The molecule has 0 aliphatic rings. The van der Waals surface area contributed by atoms with Gasteiger partial charge >= 0.3 is 5.97 Å². The molecule has 0 saturated carbocycles. The van der Waals surface area contributed by atoms with Gasteiger partial charge in [0.2, 0.25) is 0 Å². The van der Waals surface area contributed by atoms with Crippen molar-refractivity contribution >= 4 is 5.97 Å². The number of esters is 1. The maximum atomic E-state index is 12.8. The van der Waals surface area contributed by atoms with Crippen molar-refractivity contribution in [3.8, 4) is 17.9 Å². The minimum absolute atomic E-state index is 0.112. The molecule has 0 radical (unpaired) electrons. The van der Waals surface area contributed by atoms with E-state index in [2.05, 4.69) is 47.6 Å². The average Bonchev–Trinajstić information content (AvgIpc) is 2.59. The maximum Gasteiger partial charge on any atom is 0.343 e. The standard InChI is InChI=1S/C23H24N2O2/c1-22(2,3)18-9-16(10-19(12-18)23(4,5)6)21(26)27-20-8-7-15(13-24)17(11-20)14-25/h7-12H,1-6H3. The van der Waals surface area contributed by atoms with Gasteiger partial charge in [-0.25, -0.2) is 4.79 Å². The van der Waals surface area contributed by atoms with E-state index < -0.39 is 5.97 Å². The Hall–Kier alpha value is -3.11. The Bertz CT molecular complexity index is 930. The van der Waals surface area contributed by atoms with E-state index in [0.717, 1.165) is 11.1 Å². The Morgan fingerprint density at radius 3 is 1.78 bits per heavy atom. The van der Waals surface area contributed by atoms with Gasteiger partial charge in [0.15, 0.2) is 0 Å². The minimum Gasteiger partial charge on any atom is -0.423 e. The zero-order valence-electron chi connectivity index (χ0n) is 16.7. The number of rotatable bonds is 2. The summed E-state index contributed by atoms with van der Waals surface area (Å²) in [5.74, 6) is -0.241. The highest BCUT2D eigenvalue weighted by Crippen LogP contribution is 2.31. The fourth-order valence-corrected chi connectivity index (χ4v) is 2.55. The first-order chi connectivity index (χ1) is 12.5. The van der Waals surface area contributed by atoms with E-state index in [9.17, 15) is 4.79 Å². The second kappa shape index (κ2) is 7.25. The van der Waals surface area contributed by atoms with E-state index in [4.69, 9.17) is 15.3 Å². The third-order valence-electron chi connectivity index (χ3n) is 4.34. The Kier molecular flexibility index (Phi) is 5.43. The molecule has 2 aromatic rings. The van der Waals surface area contributed by atoms with Crippen LogP contribution < -0.4 is 4.74 Å². The number of hydrogen-bond donors (Lipinski definition) is 0. The second-order valence-electron chi connectivity index (χ2n) is 8.62. The first kappa shape index (κ1) is 20.2. The van der Waals surface area contributed by atoms with Gasteiger partial charge in [-0.2, -0.15) is 10.5 Å². The smallest absolute Gasteiger partial charge is 0.343 e. The molecule has 0 bridgehead atoms. The van der Waals surface area contributed by atoms with Gasteiger partial charge in [0.1, 0.15) is 17.9 Å². The Morgan fingerprint density at radius 2 is 1.33 bits per heavy atom. The molecular formula is C23H24N2O2. The van der Waals surface area contributed by atoms with E-state index >= 15 is 0 Å². The third kappa shape index (κ3) is 4.74. The number of ether oxygens (including phenoxy) is 1. The van der Waals surface area contributed by atoms with E-state index in [1.54, 1.807) is 0 Å². The summed E-state index contributed by atoms with van der Waals surface area (Å²) in [7, 11) is 0. The molecule has 0 aromatic heterocycles. The molecule has 0 spiro atoms. The minimum atomic E-state index is -0.486. The monoisotopic (exact) mass is 360 g/mol. The molecular weight excluding hydrogens is 336 g/mol. The summed E-state index contributed by atoms with van der Waals surface area (Å²) in [5, 5.41) is 18.1. The first-order valence-corrected chi connectivity index (χ1v) is 8.78. The summed E-state index contributed by atoms with van der Waals surface area (Å²) in [4.78, 5) is 12.8. The molecule has 0 aliphatic heterocycles. The van der Waals surface area contributed by atoms with Crippen molar-refractivity contribution in [2.75, 3.05) is 0 Å². The first-order valence-electron chi connectivity index (χ1n) is 8.78. The molecule has 0 unspecified atom stereocenters. The van der Waals surface area contributed by atoms with Crippen molar-refractivity contribution < 1.29 is 9.53 Å². The molecule has 0 aliphatic carbocycles. The topological polar surface area (TPSA) is 73.9 Å². The predicted molar refractivity (Wildman–Crippen MR) is 105 cm³/mol. The van der Waals surface area contributed by atoms with Crippen LogP contribution in [0.3, 0.4) is 0 Å². The van der Waals surface area contributed by atoms with Crippen molar-refractivity contribution in [2.24, 2.45) is 0 Å². The van der Waals surface area contributed by atoms with Gasteiger partial charge in [-0.3, -0.25) is 0 Å². The van der Waals surface area contributed by atoms with Gasteiger partial charge in [0.25, 0.3) is 0 Å². The number of nitrogens with zero attached hydrogens (tertiary/aromatic N) is 2. The lowest BCUT2D eigenvalue weighted by molar-refractivity contribution is 0.0734. The van der Waals surface area contributed by atoms with Gasteiger partial charge in [-0.05, 0) is 46.2 Å². The number of carbonyl (C=O) groups excluding carboxylic acids is 1. The van der Waals surface area contributed by atoms with Gasteiger partial charge in [-0.1, -0.05) is 47.6 Å². The zero-order valence-corrected chi connectivity index (χ0v) is 16.7. The fourth-order valence-electron chi connectivity index (χ4n) is 2.55. The lowest BCUT2D eigenvalue weighted by Crippen LogP contribution is -2.19. The van der Waals surface area contributed by atoms with Gasteiger partial charge in [-0.15, -0.1) is 0 Å². The predicted octanol–water partition coefficient (Wildman–Crippen LogP) is 5.24.